The lowest BCUT2D eigenvalue weighted by Gasteiger charge is -2.30. The highest BCUT2D eigenvalue weighted by Gasteiger charge is 2.22. The van der Waals surface area contributed by atoms with E-state index in [0.29, 0.717) is 16.6 Å². The van der Waals surface area contributed by atoms with Gasteiger partial charge in [-0.1, -0.05) is 84.0 Å². The third-order valence-electron chi connectivity index (χ3n) is 5.79. The molecule has 0 saturated carbocycles. The minimum Gasteiger partial charge on any atom is -0.358 e. The zero-order chi connectivity index (χ0) is 20.7. The second-order valence-electron chi connectivity index (χ2n) is 7.67. The van der Waals surface area contributed by atoms with E-state index in [1.165, 1.54) is 16.5 Å². The molecule has 0 spiro atoms. The number of hydrogen-bond donors (Lipinski definition) is 0. The Labute approximate surface area is 191 Å². The first-order chi connectivity index (χ1) is 14.6. The van der Waals surface area contributed by atoms with Gasteiger partial charge < -0.3 is 9.47 Å². The highest BCUT2D eigenvalue weighted by Crippen LogP contribution is 2.29. The smallest absolute Gasteiger partial charge is 0.111 e. The van der Waals surface area contributed by atoms with Crippen LogP contribution in [0.4, 0.5) is 0 Å². The van der Waals surface area contributed by atoms with Crippen molar-refractivity contribution in [2.45, 2.75) is 19.5 Å². The summed E-state index contributed by atoms with van der Waals surface area (Å²) < 4.78 is 2.23. The van der Waals surface area contributed by atoms with Gasteiger partial charge in [0.05, 0.1) is 0 Å². The van der Waals surface area contributed by atoms with Gasteiger partial charge in [0.1, 0.15) is 4.99 Å². The maximum absolute atomic E-state index is 6.44. The normalized spacial score (nSPS) is 13.5. The van der Waals surface area contributed by atoms with Gasteiger partial charge in [0.25, 0.3) is 0 Å². The summed E-state index contributed by atoms with van der Waals surface area (Å²) in [6.07, 6.45) is 3.19. The first kappa shape index (κ1) is 19.6. The molecule has 1 aliphatic rings. The van der Waals surface area contributed by atoms with Crippen molar-refractivity contribution in [3.8, 4) is 0 Å². The number of aromatic nitrogens is 1. The van der Waals surface area contributed by atoms with Gasteiger partial charge in [-0.2, -0.15) is 0 Å². The predicted octanol–water partition coefficient (Wildman–Crippen LogP) is 6.73. The van der Waals surface area contributed by atoms with Crippen molar-refractivity contribution in [2.75, 3.05) is 6.54 Å². The molecule has 150 valence electrons. The number of benzene rings is 3. The van der Waals surface area contributed by atoms with Crippen LogP contribution < -0.4 is 0 Å². The lowest BCUT2D eigenvalue weighted by molar-refractivity contribution is 0.401. The van der Waals surface area contributed by atoms with Gasteiger partial charge in [-0.05, 0) is 41.3 Å². The van der Waals surface area contributed by atoms with Gasteiger partial charge in [-0.15, -0.1) is 0 Å². The van der Waals surface area contributed by atoms with Crippen LogP contribution in [0.3, 0.4) is 0 Å². The van der Waals surface area contributed by atoms with Crippen LogP contribution in [0, 0.1) is 0 Å². The van der Waals surface area contributed by atoms with E-state index in [1.54, 1.807) is 6.07 Å². The second-order valence-corrected chi connectivity index (χ2v) is 8.90. The molecule has 0 N–H and O–H groups in total. The Bertz CT molecular complexity index is 1260. The van der Waals surface area contributed by atoms with E-state index in [4.69, 9.17) is 35.4 Å². The molecule has 0 fully saturated rings. The fourth-order valence-electron chi connectivity index (χ4n) is 4.22. The average molecular weight is 451 g/mol. The van der Waals surface area contributed by atoms with Crippen LogP contribution in [0.25, 0.3) is 10.9 Å². The van der Waals surface area contributed by atoms with Crippen molar-refractivity contribution in [1.29, 1.82) is 0 Å². The van der Waals surface area contributed by atoms with E-state index in [0.717, 1.165) is 41.1 Å². The van der Waals surface area contributed by atoms with Crippen LogP contribution in [-0.2, 0) is 19.5 Å². The largest absolute Gasteiger partial charge is 0.358 e. The molecule has 0 atom stereocenters. The minimum atomic E-state index is 0.647. The van der Waals surface area contributed by atoms with Crippen molar-refractivity contribution < 1.29 is 0 Å². The Hall–Kier alpha value is -2.33. The van der Waals surface area contributed by atoms with Crippen molar-refractivity contribution in [3.05, 3.63) is 105 Å². The molecule has 5 heteroatoms. The number of thiocarbonyl (C=S) groups is 1. The zero-order valence-corrected chi connectivity index (χ0v) is 18.6. The maximum Gasteiger partial charge on any atom is 0.111 e. The Kier molecular flexibility index (Phi) is 5.28. The first-order valence-corrected chi connectivity index (χ1v) is 11.1. The Morgan fingerprint density at radius 2 is 1.70 bits per heavy atom. The van der Waals surface area contributed by atoms with Gasteiger partial charge in [0, 0.05) is 52.3 Å². The Morgan fingerprint density at radius 1 is 0.933 bits per heavy atom. The van der Waals surface area contributed by atoms with Crippen molar-refractivity contribution in [1.82, 2.24) is 9.47 Å². The highest BCUT2D eigenvalue weighted by molar-refractivity contribution is 7.80. The summed E-state index contributed by atoms with van der Waals surface area (Å²) in [4.78, 5) is 3.22. The predicted molar refractivity (Wildman–Crippen MR) is 130 cm³/mol. The van der Waals surface area contributed by atoms with E-state index in [1.807, 2.05) is 12.1 Å². The average Bonchev–Trinajstić information content (AvgIpc) is 3.13. The molecule has 3 aromatic carbocycles. The molecule has 1 aromatic heterocycles. The lowest BCUT2D eigenvalue weighted by atomic mass is 9.99. The summed E-state index contributed by atoms with van der Waals surface area (Å²) >= 11 is 18.5. The number of nitrogens with zero attached hydrogens (tertiary/aromatic N) is 2. The molecule has 0 saturated heterocycles. The van der Waals surface area contributed by atoms with Gasteiger partial charge in [0.15, 0.2) is 0 Å². The summed E-state index contributed by atoms with van der Waals surface area (Å²) in [7, 11) is 0. The van der Waals surface area contributed by atoms with E-state index in [2.05, 4.69) is 64.2 Å². The summed E-state index contributed by atoms with van der Waals surface area (Å²) in [5.41, 5.74) is 6.08. The van der Waals surface area contributed by atoms with Crippen molar-refractivity contribution in [3.63, 3.8) is 0 Å². The summed E-state index contributed by atoms with van der Waals surface area (Å²) in [5, 5.41) is 2.50. The number of rotatable bonds is 3. The van der Waals surface area contributed by atoms with Crippen LogP contribution in [0.2, 0.25) is 10.0 Å². The highest BCUT2D eigenvalue weighted by atomic mass is 35.5. The zero-order valence-electron chi connectivity index (χ0n) is 16.3. The molecule has 0 bridgehead atoms. The molecule has 1 aliphatic heterocycles. The van der Waals surface area contributed by atoms with E-state index in [-0.39, 0.29) is 0 Å². The third-order valence-corrected chi connectivity index (χ3v) is 6.86. The molecule has 2 nitrogen and oxygen atoms in total. The summed E-state index contributed by atoms with van der Waals surface area (Å²) in [6.45, 7) is 2.47. The van der Waals surface area contributed by atoms with E-state index >= 15 is 0 Å². The van der Waals surface area contributed by atoms with Gasteiger partial charge in [-0.25, -0.2) is 0 Å². The molecule has 30 heavy (non-hydrogen) atoms. The van der Waals surface area contributed by atoms with Gasteiger partial charge in [-0.3, -0.25) is 0 Å². The SMILES string of the molecule is S=C(c1cn(Cc2ccc(Cl)cc2Cl)c2ccccc12)N1CCc2ccccc2C1. The minimum absolute atomic E-state index is 0.647. The Morgan fingerprint density at radius 3 is 2.53 bits per heavy atom. The van der Waals surface area contributed by atoms with Crippen LogP contribution in [0.15, 0.2) is 72.9 Å². The molecular formula is C25H20Cl2N2S. The molecule has 5 rings (SSSR count). The van der Waals surface area contributed by atoms with Crippen LogP contribution in [0.1, 0.15) is 22.3 Å². The first-order valence-electron chi connectivity index (χ1n) is 9.98. The number of para-hydroxylation sites is 1. The standard InChI is InChI=1S/C25H20Cl2N2S/c26-20-10-9-19(23(27)13-20)15-29-16-22(21-7-3-4-8-24(21)29)25(30)28-12-11-17-5-1-2-6-18(17)14-28/h1-10,13,16H,11-12,14-15H2. The molecular weight excluding hydrogens is 431 g/mol. The second kappa shape index (κ2) is 8.07. The summed E-state index contributed by atoms with van der Waals surface area (Å²) in [6, 6.07) is 22.7. The third kappa shape index (κ3) is 3.62. The van der Waals surface area contributed by atoms with E-state index in [9.17, 15) is 0 Å². The summed E-state index contributed by atoms with van der Waals surface area (Å²) in [5.74, 6) is 0. The molecule has 4 aromatic rings. The number of halogens is 2. The topological polar surface area (TPSA) is 8.17 Å². The fraction of sp³-hybridized carbons (Fsp3) is 0.160. The van der Waals surface area contributed by atoms with Crippen LogP contribution in [0.5, 0.6) is 0 Å². The molecule has 0 amide bonds. The maximum atomic E-state index is 6.44. The Balaban J connectivity index is 1.50. The molecule has 0 aliphatic carbocycles. The van der Waals surface area contributed by atoms with Crippen LogP contribution >= 0.6 is 35.4 Å². The number of fused-ring (bicyclic) bond motifs is 2. The van der Waals surface area contributed by atoms with Crippen molar-refractivity contribution in [2.24, 2.45) is 0 Å². The molecule has 0 radical (unpaired) electrons. The fourth-order valence-corrected chi connectivity index (χ4v) is 5.01. The number of hydrogen-bond acceptors (Lipinski definition) is 1. The van der Waals surface area contributed by atoms with Crippen molar-refractivity contribution >= 4 is 51.3 Å². The monoisotopic (exact) mass is 450 g/mol. The lowest BCUT2D eigenvalue weighted by Crippen LogP contribution is -2.35. The quantitative estimate of drug-likeness (QED) is 0.319. The molecule has 2 heterocycles. The van der Waals surface area contributed by atoms with Gasteiger partial charge >= 0.3 is 0 Å². The molecule has 0 unspecified atom stereocenters. The van der Waals surface area contributed by atoms with E-state index < -0.39 is 0 Å². The van der Waals surface area contributed by atoms with Crippen LogP contribution in [-0.4, -0.2) is 21.0 Å². The van der Waals surface area contributed by atoms with Gasteiger partial charge in [0.2, 0.25) is 0 Å².